The maximum absolute atomic E-state index is 12.3. The molecule has 0 fully saturated rings. The zero-order valence-corrected chi connectivity index (χ0v) is 15.7. The predicted molar refractivity (Wildman–Crippen MR) is 109 cm³/mol. The highest BCUT2D eigenvalue weighted by Crippen LogP contribution is 2.30. The Bertz CT molecular complexity index is 966. The third-order valence-corrected chi connectivity index (χ3v) is 5.34. The quantitative estimate of drug-likeness (QED) is 0.539. The molecule has 1 amide bonds. The number of anilines is 1. The fraction of sp³-hybridized carbons (Fsp3) is 0.143. The van der Waals surface area contributed by atoms with Crippen LogP contribution in [0.2, 0.25) is 0 Å². The van der Waals surface area contributed by atoms with Crippen molar-refractivity contribution in [3.63, 3.8) is 0 Å². The van der Waals surface area contributed by atoms with Gasteiger partial charge >= 0.3 is 0 Å². The van der Waals surface area contributed by atoms with Gasteiger partial charge in [-0.1, -0.05) is 12.1 Å². The number of methoxy groups -OCH3 is 1. The number of carbonyl (C=O) groups is 1. The maximum atomic E-state index is 12.3. The van der Waals surface area contributed by atoms with Crippen molar-refractivity contribution in [2.75, 3.05) is 12.0 Å². The molecule has 5 nitrogen and oxygen atoms in total. The number of hydrazone groups is 1. The molecule has 3 aromatic rings. The third kappa shape index (κ3) is 3.85. The molecule has 1 aliphatic rings. The molecule has 1 N–H and O–H groups in total. The van der Waals surface area contributed by atoms with Gasteiger partial charge in [-0.2, -0.15) is 5.10 Å². The Kier molecular flexibility index (Phi) is 4.89. The summed E-state index contributed by atoms with van der Waals surface area (Å²) in [5.41, 5.74) is 6.76. The molecule has 136 valence electrons. The summed E-state index contributed by atoms with van der Waals surface area (Å²) in [6.45, 7) is 1.61. The van der Waals surface area contributed by atoms with Crippen molar-refractivity contribution in [1.82, 2.24) is 5.43 Å². The second-order valence-electron chi connectivity index (χ2n) is 6.25. The van der Waals surface area contributed by atoms with Crippen LogP contribution in [0.1, 0.15) is 26.4 Å². The molecule has 0 saturated heterocycles. The highest BCUT2D eigenvalue weighted by atomic mass is 32.1. The molecule has 2 heterocycles. The van der Waals surface area contributed by atoms with Crippen LogP contribution in [-0.2, 0) is 13.1 Å². The van der Waals surface area contributed by atoms with E-state index in [9.17, 15) is 4.79 Å². The Balaban J connectivity index is 1.43. The van der Waals surface area contributed by atoms with Crippen LogP contribution in [-0.4, -0.2) is 19.2 Å². The Morgan fingerprint density at radius 3 is 2.70 bits per heavy atom. The number of amides is 1. The SMILES string of the molecule is COc1ccc(N2Cc3ccc(C(=O)NN=Cc4cccs4)cc3C2)cc1. The molecule has 0 radical (unpaired) electrons. The molecule has 0 atom stereocenters. The van der Waals surface area contributed by atoms with Crippen molar-refractivity contribution in [3.05, 3.63) is 81.5 Å². The van der Waals surface area contributed by atoms with E-state index in [1.54, 1.807) is 24.7 Å². The molecule has 2 aromatic carbocycles. The molecule has 4 rings (SSSR count). The summed E-state index contributed by atoms with van der Waals surface area (Å²) in [7, 11) is 1.66. The van der Waals surface area contributed by atoms with Crippen LogP contribution in [0.5, 0.6) is 5.75 Å². The fourth-order valence-corrected chi connectivity index (χ4v) is 3.68. The first-order chi connectivity index (χ1) is 13.2. The van der Waals surface area contributed by atoms with E-state index >= 15 is 0 Å². The lowest BCUT2D eigenvalue weighted by Crippen LogP contribution is -2.17. The zero-order valence-electron chi connectivity index (χ0n) is 14.9. The molecule has 0 aliphatic carbocycles. The van der Waals surface area contributed by atoms with Gasteiger partial charge in [0.15, 0.2) is 0 Å². The van der Waals surface area contributed by atoms with E-state index in [1.807, 2.05) is 47.8 Å². The van der Waals surface area contributed by atoms with E-state index in [1.165, 1.54) is 11.1 Å². The van der Waals surface area contributed by atoms with Crippen LogP contribution in [0.3, 0.4) is 0 Å². The maximum Gasteiger partial charge on any atom is 0.271 e. The second-order valence-corrected chi connectivity index (χ2v) is 7.23. The van der Waals surface area contributed by atoms with Crippen LogP contribution in [0.4, 0.5) is 5.69 Å². The topological polar surface area (TPSA) is 53.9 Å². The summed E-state index contributed by atoms with van der Waals surface area (Å²) in [5.74, 6) is 0.644. The van der Waals surface area contributed by atoms with Crippen molar-refractivity contribution in [3.8, 4) is 5.75 Å². The highest BCUT2D eigenvalue weighted by molar-refractivity contribution is 7.11. The van der Waals surface area contributed by atoms with E-state index < -0.39 is 0 Å². The van der Waals surface area contributed by atoms with Crippen LogP contribution >= 0.6 is 11.3 Å². The number of thiophene rings is 1. The molecule has 0 saturated carbocycles. The van der Waals surface area contributed by atoms with Gasteiger partial charge in [-0.25, -0.2) is 5.43 Å². The number of benzene rings is 2. The fourth-order valence-electron chi connectivity index (χ4n) is 3.10. The van der Waals surface area contributed by atoms with Crippen molar-refractivity contribution in [2.45, 2.75) is 13.1 Å². The highest BCUT2D eigenvalue weighted by Gasteiger charge is 2.20. The summed E-state index contributed by atoms with van der Waals surface area (Å²) in [5, 5.41) is 6.00. The third-order valence-electron chi connectivity index (χ3n) is 4.53. The van der Waals surface area contributed by atoms with E-state index in [4.69, 9.17) is 4.74 Å². The lowest BCUT2D eigenvalue weighted by Gasteiger charge is -2.17. The molecular formula is C21H19N3O2S. The number of ether oxygens (including phenoxy) is 1. The largest absolute Gasteiger partial charge is 0.497 e. The number of hydrogen-bond donors (Lipinski definition) is 1. The number of nitrogens with zero attached hydrogens (tertiary/aromatic N) is 2. The predicted octanol–water partition coefficient (Wildman–Crippen LogP) is 4.04. The van der Waals surface area contributed by atoms with Crippen molar-refractivity contribution >= 4 is 29.1 Å². The van der Waals surface area contributed by atoms with Gasteiger partial charge in [0.05, 0.1) is 13.3 Å². The van der Waals surface area contributed by atoms with Crippen molar-refractivity contribution < 1.29 is 9.53 Å². The minimum Gasteiger partial charge on any atom is -0.497 e. The first kappa shape index (κ1) is 17.3. The minimum absolute atomic E-state index is 0.200. The van der Waals surface area contributed by atoms with Gasteiger partial charge in [0.1, 0.15) is 5.75 Å². The number of hydrogen-bond acceptors (Lipinski definition) is 5. The van der Waals surface area contributed by atoms with Crippen molar-refractivity contribution in [1.29, 1.82) is 0 Å². The first-order valence-corrected chi connectivity index (χ1v) is 9.48. The lowest BCUT2D eigenvalue weighted by molar-refractivity contribution is 0.0955. The first-order valence-electron chi connectivity index (χ1n) is 8.60. The molecule has 1 aliphatic heterocycles. The summed E-state index contributed by atoms with van der Waals surface area (Å²) >= 11 is 1.57. The van der Waals surface area contributed by atoms with E-state index in [0.29, 0.717) is 5.56 Å². The molecule has 6 heteroatoms. The van der Waals surface area contributed by atoms with Gasteiger partial charge < -0.3 is 9.64 Å². The van der Waals surface area contributed by atoms with E-state index in [2.05, 4.69) is 27.6 Å². The standard InChI is InChI=1S/C21H19N3O2S/c1-26-19-8-6-18(7-9-19)24-13-16-5-4-15(11-17(16)14-24)21(25)23-22-12-20-3-2-10-27-20/h2-12H,13-14H2,1H3,(H,23,25). The average Bonchev–Trinajstić information content (AvgIpc) is 3.37. The van der Waals surface area contributed by atoms with Gasteiger partial charge in [0.2, 0.25) is 0 Å². The van der Waals surface area contributed by atoms with E-state index in [-0.39, 0.29) is 5.91 Å². The molecule has 0 unspecified atom stereocenters. The monoisotopic (exact) mass is 377 g/mol. The summed E-state index contributed by atoms with van der Waals surface area (Å²) in [6, 6.07) is 17.8. The summed E-state index contributed by atoms with van der Waals surface area (Å²) in [4.78, 5) is 15.6. The Morgan fingerprint density at radius 1 is 1.15 bits per heavy atom. The number of nitrogens with one attached hydrogen (secondary N) is 1. The van der Waals surface area contributed by atoms with Crippen molar-refractivity contribution in [2.24, 2.45) is 5.10 Å². The summed E-state index contributed by atoms with van der Waals surface area (Å²) < 4.78 is 5.22. The number of carbonyl (C=O) groups excluding carboxylic acids is 1. The Labute approximate surface area is 161 Å². The average molecular weight is 377 g/mol. The van der Waals surface area contributed by atoms with Crippen LogP contribution in [0, 0.1) is 0 Å². The zero-order chi connectivity index (χ0) is 18.6. The Hall–Kier alpha value is -3.12. The van der Waals surface area contributed by atoms with E-state index in [0.717, 1.165) is 29.4 Å². The van der Waals surface area contributed by atoms with Gasteiger partial charge in [-0.05, 0) is 59.0 Å². The minimum atomic E-state index is -0.200. The molecule has 27 heavy (non-hydrogen) atoms. The molecule has 0 bridgehead atoms. The van der Waals surface area contributed by atoms with Crippen LogP contribution < -0.4 is 15.1 Å². The number of rotatable bonds is 5. The van der Waals surface area contributed by atoms with Crippen LogP contribution in [0.25, 0.3) is 0 Å². The van der Waals surface area contributed by atoms with Crippen LogP contribution in [0.15, 0.2) is 65.1 Å². The normalized spacial score (nSPS) is 13.0. The summed E-state index contributed by atoms with van der Waals surface area (Å²) in [6.07, 6.45) is 1.65. The van der Waals surface area contributed by atoms with Gasteiger partial charge in [-0.15, -0.1) is 11.3 Å². The lowest BCUT2D eigenvalue weighted by atomic mass is 10.1. The second kappa shape index (κ2) is 7.63. The smallest absolute Gasteiger partial charge is 0.271 e. The van der Waals surface area contributed by atoms with Gasteiger partial charge in [0, 0.05) is 29.2 Å². The van der Waals surface area contributed by atoms with Gasteiger partial charge in [0.25, 0.3) is 5.91 Å². The molecular weight excluding hydrogens is 358 g/mol. The van der Waals surface area contributed by atoms with Gasteiger partial charge in [-0.3, -0.25) is 4.79 Å². The number of fused-ring (bicyclic) bond motifs is 1. The molecule has 1 aromatic heterocycles. The Morgan fingerprint density at radius 2 is 1.96 bits per heavy atom. The molecule has 0 spiro atoms.